The second-order valence-corrected chi connectivity index (χ2v) is 6.05. The fourth-order valence-electron chi connectivity index (χ4n) is 4.04. The van der Waals surface area contributed by atoms with E-state index in [4.69, 9.17) is 4.74 Å². The second kappa shape index (κ2) is 5.25. The minimum Gasteiger partial charge on any atom is -0.380 e. The summed E-state index contributed by atoms with van der Waals surface area (Å²) in [6.07, 6.45) is 9.96. The van der Waals surface area contributed by atoms with Crippen LogP contribution in [0.2, 0.25) is 0 Å². The van der Waals surface area contributed by atoms with Crippen LogP contribution in [0.3, 0.4) is 0 Å². The van der Waals surface area contributed by atoms with E-state index >= 15 is 0 Å². The summed E-state index contributed by atoms with van der Waals surface area (Å²) in [5.41, 5.74) is 0. The molecular weight excluding hydrogens is 212 g/mol. The molecule has 3 rings (SSSR count). The lowest BCUT2D eigenvalue weighted by Gasteiger charge is -2.40. The molecule has 0 spiro atoms. The Kier molecular flexibility index (Phi) is 3.69. The Morgan fingerprint density at radius 3 is 2.71 bits per heavy atom. The number of likely N-dealkylation sites (tertiary alicyclic amines) is 1. The zero-order valence-electron chi connectivity index (χ0n) is 11.0. The molecule has 0 radical (unpaired) electrons. The molecule has 0 aromatic heterocycles. The van der Waals surface area contributed by atoms with E-state index < -0.39 is 0 Å². The summed E-state index contributed by atoms with van der Waals surface area (Å²) >= 11 is 0. The van der Waals surface area contributed by atoms with Crippen molar-refractivity contribution in [2.24, 2.45) is 0 Å². The van der Waals surface area contributed by atoms with Crippen molar-refractivity contribution in [1.82, 2.24) is 10.2 Å². The minimum absolute atomic E-state index is 0.486. The van der Waals surface area contributed by atoms with Crippen LogP contribution in [0.5, 0.6) is 0 Å². The first-order chi connectivity index (χ1) is 8.36. The van der Waals surface area contributed by atoms with Crippen molar-refractivity contribution in [2.45, 2.75) is 69.2 Å². The highest BCUT2D eigenvalue weighted by Crippen LogP contribution is 2.29. The van der Waals surface area contributed by atoms with Crippen LogP contribution in [-0.4, -0.2) is 49.3 Å². The molecule has 2 bridgehead atoms. The van der Waals surface area contributed by atoms with Crippen LogP contribution in [0.1, 0.15) is 44.9 Å². The third-order valence-electron chi connectivity index (χ3n) is 4.99. The Labute approximate surface area is 105 Å². The number of nitrogens with one attached hydrogen (secondary N) is 1. The van der Waals surface area contributed by atoms with Crippen molar-refractivity contribution in [2.75, 3.05) is 20.2 Å². The Morgan fingerprint density at radius 2 is 1.82 bits per heavy atom. The van der Waals surface area contributed by atoms with Gasteiger partial charge in [0.05, 0.1) is 6.10 Å². The van der Waals surface area contributed by atoms with Gasteiger partial charge in [-0.2, -0.15) is 0 Å². The first kappa shape index (κ1) is 11.9. The van der Waals surface area contributed by atoms with Crippen LogP contribution in [-0.2, 0) is 4.74 Å². The number of methoxy groups -OCH3 is 1. The van der Waals surface area contributed by atoms with Gasteiger partial charge in [-0.25, -0.2) is 0 Å². The third kappa shape index (κ3) is 2.51. The number of hydrogen-bond donors (Lipinski definition) is 1. The van der Waals surface area contributed by atoms with E-state index in [1.54, 1.807) is 0 Å². The largest absolute Gasteiger partial charge is 0.380 e. The van der Waals surface area contributed by atoms with Crippen molar-refractivity contribution in [3.63, 3.8) is 0 Å². The summed E-state index contributed by atoms with van der Waals surface area (Å²) in [5.74, 6) is 0. The molecule has 1 aliphatic carbocycles. The molecule has 4 unspecified atom stereocenters. The molecule has 3 fully saturated rings. The van der Waals surface area contributed by atoms with Gasteiger partial charge in [0.25, 0.3) is 0 Å². The van der Waals surface area contributed by atoms with Crippen molar-refractivity contribution in [3.8, 4) is 0 Å². The average Bonchev–Trinajstić information content (AvgIpc) is 2.69. The average molecular weight is 238 g/mol. The molecule has 0 amide bonds. The van der Waals surface area contributed by atoms with Gasteiger partial charge < -0.3 is 10.1 Å². The number of nitrogens with zero attached hydrogens (tertiary/aromatic N) is 1. The molecule has 1 N–H and O–H groups in total. The topological polar surface area (TPSA) is 24.5 Å². The lowest BCUT2D eigenvalue weighted by atomic mass is 9.90. The molecule has 0 aromatic carbocycles. The smallest absolute Gasteiger partial charge is 0.0726 e. The Balaban J connectivity index is 1.65. The van der Waals surface area contributed by atoms with Crippen LogP contribution in [0.25, 0.3) is 0 Å². The van der Waals surface area contributed by atoms with E-state index in [1.807, 2.05) is 7.11 Å². The molecule has 3 aliphatic rings. The summed E-state index contributed by atoms with van der Waals surface area (Å²) in [4.78, 5) is 2.73. The Bertz CT molecular complexity index is 259. The van der Waals surface area contributed by atoms with Crippen molar-refractivity contribution in [3.05, 3.63) is 0 Å². The summed E-state index contributed by atoms with van der Waals surface area (Å²) in [6, 6.07) is 2.24. The summed E-state index contributed by atoms with van der Waals surface area (Å²) in [5, 5.41) is 3.77. The zero-order valence-corrected chi connectivity index (χ0v) is 11.0. The van der Waals surface area contributed by atoms with Crippen LogP contribution in [0.15, 0.2) is 0 Å². The summed E-state index contributed by atoms with van der Waals surface area (Å²) < 4.78 is 5.72. The van der Waals surface area contributed by atoms with Crippen molar-refractivity contribution < 1.29 is 4.74 Å². The van der Waals surface area contributed by atoms with E-state index in [0.29, 0.717) is 12.1 Å². The highest BCUT2D eigenvalue weighted by atomic mass is 16.5. The van der Waals surface area contributed by atoms with E-state index in [-0.39, 0.29) is 0 Å². The quantitative estimate of drug-likeness (QED) is 0.793. The maximum Gasteiger partial charge on any atom is 0.0726 e. The lowest BCUT2D eigenvalue weighted by Crippen LogP contribution is -2.49. The molecule has 2 heterocycles. The predicted molar refractivity (Wildman–Crippen MR) is 69.2 cm³/mol. The molecule has 3 heteroatoms. The van der Waals surface area contributed by atoms with E-state index in [2.05, 4.69) is 10.2 Å². The minimum atomic E-state index is 0.486. The molecule has 17 heavy (non-hydrogen) atoms. The van der Waals surface area contributed by atoms with Gasteiger partial charge >= 0.3 is 0 Å². The highest BCUT2D eigenvalue weighted by Gasteiger charge is 2.35. The first-order valence-electron chi connectivity index (χ1n) is 7.39. The van der Waals surface area contributed by atoms with Crippen LogP contribution < -0.4 is 5.32 Å². The molecule has 3 nitrogen and oxygen atoms in total. The van der Waals surface area contributed by atoms with Gasteiger partial charge in [0.1, 0.15) is 0 Å². The predicted octanol–water partition coefficient (Wildman–Crippen LogP) is 1.77. The van der Waals surface area contributed by atoms with Gasteiger partial charge in [0.15, 0.2) is 0 Å². The maximum atomic E-state index is 5.72. The number of rotatable bonds is 2. The van der Waals surface area contributed by atoms with Gasteiger partial charge in [-0.3, -0.25) is 4.90 Å². The third-order valence-corrected chi connectivity index (χ3v) is 4.99. The molecule has 4 atom stereocenters. The molecule has 98 valence electrons. The fraction of sp³-hybridized carbons (Fsp3) is 1.00. The van der Waals surface area contributed by atoms with Gasteiger partial charge in [-0.05, 0) is 32.1 Å². The number of ether oxygens (including phenoxy) is 1. The second-order valence-electron chi connectivity index (χ2n) is 6.05. The number of fused-ring (bicyclic) bond motifs is 2. The van der Waals surface area contributed by atoms with E-state index in [9.17, 15) is 0 Å². The van der Waals surface area contributed by atoms with Crippen molar-refractivity contribution >= 4 is 0 Å². The standard InChI is InChI=1S/C14H26N2O/c1-17-14-5-3-2-4-13(14)16-9-8-11-6-7-12(10-16)15-11/h11-15H,2-10H2,1H3. The van der Waals surface area contributed by atoms with Gasteiger partial charge in [-0.1, -0.05) is 12.8 Å². The molecular formula is C14H26N2O. The normalized spacial score (nSPS) is 43.6. The van der Waals surface area contributed by atoms with Gasteiger partial charge in [0.2, 0.25) is 0 Å². The van der Waals surface area contributed by atoms with Gasteiger partial charge in [0, 0.05) is 38.3 Å². The Morgan fingerprint density at radius 1 is 1.00 bits per heavy atom. The SMILES string of the molecule is COC1CCCCC1N1CCC2CCC(C1)N2. The van der Waals surface area contributed by atoms with E-state index in [0.717, 1.165) is 12.1 Å². The van der Waals surface area contributed by atoms with Crippen LogP contribution >= 0.6 is 0 Å². The van der Waals surface area contributed by atoms with Crippen LogP contribution in [0.4, 0.5) is 0 Å². The van der Waals surface area contributed by atoms with E-state index in [1.165, 1.54) is 58.0 Å². The van der Waals surface area contributed by atoms with Crippen molar-refractivity contribution in [1.29, 1.82) is 0 Å². The maximum absolute atomic E-state index is 5.72. The molecule has 2 aliphatic heterocycles. The Hall–Kier alpha value is -0.120. The van der Waals surface area contributed by atoms with Crippen LogP contribution in [0, 0.1) is 0 Å². The fourth-order valence-corrected chi connectivity index (χ4v) is 4.04. The van der Waals surface area contributed by atoms with Gasteiger partial charge in [-0.15, -0.1) is 0 Å². The molecule has 2 saturated heterocycles. The monoisotopic (exact) mass is 238 g/mol. The summed E-state index contributed by atoms with van der Waals surface area (Å²) in [7, 11) is 1.89. The lowest BCUT2D eigenvalue weighted by molar-refractivity contribution is -0.0124. The molecule has 1 saturated carbocycles. The summed E-state index contributed by atoms with van der Waals surface area (Å²) in [6.45, 7) is 2.53. The number of hydrogen-bond acceptors (Lipinski definition) is 3. The first-order valence-corrected chi connectivity index (χ1v) is 7.39. The zero-order chi connectivity index (χ0) is 11.7. The highest BCUT2D eigenvalue weighted by molar-refractivity contribution is 4.94. The molecule has 0 aromatic rings.